The standard InChI is InChI=1S/C14H16N4/c15-12-3-4-14-11(8-12)2-1-7-18(14)10-13-9-16-5-6-17-13/h3-6,8-9H,1-2,7,10,15H2. The molecule has 0 aliphatic carbocycles. The number of rotatable bonds is 2. The van der Waals surface area contributed by atoms with Crippen molar-refractivity contribution >= 4 is 11.4 Å². The summed E-state index contributed by atoms with van der Waals surface area (Å²) >= 11 is 0. The summed E-state index contributed by atoms with van der Waals surface area (Å²) in [6.07, 6.45) is 7.54. The molecule has 2 aromatic rings. The molecule has 2 N–H and O–H groups in total. The fourth-order valence-electron chi connectivity index (χ4n) is 2.47. The lowest BCUT2D eigenvalue weighted by atomic mass is 10.0. The number of nitrogens with zero attached hydrogens (tertiary/aromatic N) is 3. The van der Waals surface area contributed by atoms with E-state index in [1.807, 2.05) is 12.3 Å². The van der Waals surface area contributed by atoms with Gasteiger partial charge in [0.2, 0.25) is 0 Å². The van der Waals surface area contributed by atoms with Crippen molar-refractivity contribution in [1.29, 1.82) is 0 Å². The van der Waals surface area contributed by atoms with Crippen LogP contribution in [0.15, 0.2) is 36.8 Å². The molecular weight excluding hydrogens is 224 g/mol. The summed E-state index contributed by atoms with van der Waals surface area (Å²) in [5.41, 5.74) is 10.3. The van der Waals surface area contributed by atoms with Crippen molar-refractivity contribution < 1.29 is 0 Å². The van der Waals surface area contributed by atoms with Crippen LogP contribution in [0.5, 0.6) is 0 Å². The summed E-state index contributed by atoms with van der Waals surface area (Å²) in [6, 6.07) is 6.16. The minimum absolute atomic E-state index is 0.810. The van der Waals surface area contributed by atoms with E-state index in [2.05, 4.69) is 27.0 Å². The second-order valence-corrected chi connectivity index (χ2v) is 4.61. The molecule has 0 saturated heterocycles. The van der Waals surface area contributed by atoms with Gasteiger partial charge in [-0.05, 0) is 36.6 Å². The lowest BCUT2D eigenvalue weighted by Gasteiger charge is -2.31. The Morgan fingerprint density at radius 1 is 1.28 bits per heavy atom. The Morgan fingerprint density at radius 3 is 3.06 bits per heavy atom. The summed E-state index contributed by atoms with van der Waals surface area (Å²) < 4.78 is 0. The quantitative estimate of drug-likeness (QED) is 0.816. The van der Waals surface area contributed by atoms with Crippen molar-refractivity contribution in [1.82, 2.24) is 9.97 Å². The fraction of sp³-hybridized carbons (Fsp3) is 0.286. The zero-order chi connectivity index (χ0) is 12.4. The van der Waals surface area contributed by atoms with Crippen molar-refractivity contribution in [2.45, 2.75) is 19.4 Å². The number of nitrogens with two attached hydrogens (primary N) is 1. The number of hydrogen-bond donors (Lipinski definition) is 1. The Hall–Kier alpha value is -2.10. The minimum atomic E-state index is 0.810. The van der Waals surface area contributed by atoms with Crippen LogP contribution in [0, 0.1) is 0 Å². The van der Waals surface area contributed by atoms with Gasteiger partial charge in [0, 0.05) is 30.3 Å². The van der Waals surface area contributed by atoms with Crippen molar-refractivity contribution in [3.63, 3.8) is 0 Å². The van der Waals surface area contributed by atoms with Gasteiger partial charge in [0.25, 0.3) is 0 Å². The minimum Gasteiger partial charge on any atom is -0.399 e. The predicted molar refractivity (Wildman–Crippen MR) is 72.3 cm³/mol. The molecule has 3 rings (SSSR count). The maximum atomic E-state index is 5.84. The molecule has 4 heteroatoms. The predicted octanol–water partition coefficient (Wildman–Crippen LogP) is 2.01. The molecule has 1 aromatic heterocycles. The molecule has 1 aliphatic heterocycles. The second-order valence-electron chi connectivity index (χ2n) is 4.61. The molecule has 0 saturated carbocycles. The number of fused-ring (bicyclic) bond motifs is 1. The number of aromatic nitrogens is 2. The van der Waals surface area contributed by atoms with Gasteiger partial charge in [0.15, 0.2) is 0 Å². The Labute approximate surface area is 106 Å². The van der Waals surface area contributed by atoms with Crippen LogP contribution in [-0.4, -0.2) is 16.5 Å². The van der Waals surface area contributed by atoms with E-state index in [0.29, 0.717) is 0 Å². The summed E-state index contributed by atoms with van der Waals surface area (Å²) in [7, 11) is 0. The third-order valence-corrected chi connectivity index (χ3v) is 3.29. The number of anilines is 2. The van der Waals surface area contributed by atoms with Crippen LogP contribution in [0.2, 0.25) is 0 Å². The number of nitrogen functional groups attached to an aromatic ring is 1. The Kier molecular flexibility index (Phi) is 2.84. The van der Waals surface area contributed by atoms with Crippen molar-refractivity contribution in [2.24, 2.45) is 0 Å². The molecular formula is C14H16N4. The monoisotopic (exact) mass is 240 g/mol. The topological polar surface area (TPSA) is 55.0 Å². The SMILES string of the molecule is Nc1ccc2c(c1)CCCN2Cc1cnccn1. The van der Waals surface area contributed by atoms with E-state index < -0.39 is 0 Å². The maximum absolute atomic E-state index is 5.84. The van der Waals surface area contributed by atoms with Crippen LogP contribution in [0.25, 0.3) is 0 Å². The molecule has 1 aliphatic rings. The Balaban J connectivity index is 1.87. The molecule has 4 nitrogen and oxygen atoms in total. The normalized spacial score (nSPS) is 14.3. The molecule has 0 atom stereocenters. The highest BCUT2D eigenvalue weighted by Crippen LogP contribution is 2.29. The van der Waals surface area contributed by atoms with Crippen molar-refractivity contribution in [3.8, 4) is 0 Å². The average Bonchev–Trinajstić information content (AvgIpc) is 2.40. The van der Waals surface area contributed by atoms with Gasteiger partial charge in [0.05, 0.1) is 18.4 Å². The molecule has 0 unspecified atom stereocenters. The smallest absolute Gasteiger partial charge is 0.0779 e. The molecule has 1 aromatic carbocycles. The third-order valence-electron chi connectivity index (χ3n) is 3.29. The summed E-state index contributed by atoms with van der Waals surface area (Å²) in [5, 5.41) is 0. The van der Waals surface area contributed by atoms with Gasteiger partial charge in [-0.3, -0.25) is 9.97 Å². The lowest BCUT2D eigenvalue weighted by Crippen LogP contribution is -2.29. The first kappa shape index (κ1) is 11.0. The third kappa shape index (κ3) is 2.14. The number of benzene rings is 1. The molecule has 0 fully saturated rings. The highest BCUT2D eigenvalue weighted by atomic mass is 15.1. The first-order valence-electron chi connectivity index (χ1n) is 6.21. The van der Waals surface area contributed by atoms with E-state index >= 15 is 0 Å². The van der Waals surface area contributed by atoms with E-state index in [-0.39, 0.29) is 0 Å². The summed E-state index contributed by atoms with van der Waals surface area (Å²) in [5.74, 6) is 0. The number of hydrogen-bond acceptors (Lipinski definition) is 4. The van der Waals surface area contributed by atoms with E-state index in [0.717, 1.165) is 37.3 Å². The molecule has 0 spiro atoms. The van der Waals surface area contributed by atoms with Crippen molar-refractivity contribution in [3.05, 3.63) is 48.0 Å². The van der Waals surface area contributed by atoms with E-state index in [9.17, 15) is 0 Å². The first-order valence-corrected chi connectivity index (χ1v) is 6.21. The average molecular weight is 240 g/mol. The highest BCUT2D eigenvalue weighted by Gasteiger charge is 2.17. The van der Waals surface area contributed by atoms with Crippen LogP contribution >= 0.6 is 0 Å². The van der Waals surface area contributed by atoms with Gasteiger partial charge >= 0.3 is 0 Å². The van der Waals surface area contributed by atoms with Crippen LogP contribution in [-0.2, 0) is 13.0 Å². The maximum Gasteiger partial charge on any atom is 0.0779 e. The van der Waals surface area contributed by atoms with Gasteiger partial charge in [-0.15, -0.1) is 0 Å². The largest absolute Gasteiger partial charge is 0.399 e. The Morgan fingerprint density at radius 2 is 2.22 bits per heavy atom. The molecule has 2 heterocycles. The van der Waals surface area contributed by atoms with Crippen LogP contribution < -0.4 is 10.6 Å². The van der Waals surface area contributed by atoms with Crippen LogP contribution in [0.3, 0.4) is 0 Å². The van der Waals surface area contributed by atoms with Crippen LogP contribution in [0.4, 0.5) is 11.4 Å². The molecule has 0 radical (unpaired) electrons. The zero-order valence-electron chi connectivity index (χ0n) is 10.2. The van der Waals surface area contributed by atoms with E-state index in [1.165, 1.54) is 11.3 Å². The fourth-order valence-corrected chi connectivity index (χ4v) is 2.47. The van der Waals surface area contributed by atoms with Gasteiger partial charge in [-0.1, -0.05) is 0 Å². The molecule has 18 heavy (non-hydrogen) atoms. The lowest BCUT2D eigenvalue weighted by molar-refractivity contribution is 0.682. The van der Waals surface area contributed by atoms with Crippen LogP contribution in [0.1, 0.15) is 17.7 Å². The summed E-state index contributed by atoms with van der Waals surface area (Å²) in [6.45, 7) is 1.87. The molecule has 0 amide bonds. The summed E-state index contributed by atoms with van der Waals surface area (Å²) in [4.78, 5) is 10.8. The first-order chi connectivity index (χ1) is 8.83. The number of aryl methyl sites for hydroxylation is 1. The molecule has 92 valence electrons. The van der Waals surface area contributed by atoms with Gasteiger partial charge in [-0.25, -0.2) is 0 Å². The van der Waals surface area contributed by atoms with Gasteiger partial charge < -0.3 is 10.6 Å². The van der Waals surface area contributed by atoms with Crippen molar-refractivity contribution in [2.75, 3.05) is 17.2 Å². The second kappa shape index (κ2) is 4.64. The zero-order valence-corrected chi connectivity index (χ0v) is 10.2. The van der Waals surface area contributed by atoms with Gasteiger partial charge in [0.1, 0.15) is 0 Å². The van der Waals surface area contributed by atoms with E-state index in [4.69, 9.17) is 5.73 Å². The van der Waals surface area contributed by atoms with E-state index in [1.54, 1.807) is 12.4 Å². The molecule has 0 bridgehead atoms. The van der Waals surface area contributed by atoms with Gasteiger partial charge in [-0.2, -0.15) is 0 Å². The highest BCUT2D eigenvalue weighted by molar-refractivity contribution is 5.61. The Bertz CT molecular complexity index is 539.